The molecule has 0 atom stereocenters. The van der Waals surface area contributed by atoms with E-state index in [4.69, 9.17) is 0 Å². The molecule has 0 aliphatic carbocycles. The summed E-state index contributed by atoms with van der Waals surface area (Å²) in [6.07, 6.45) is 1.57. The van der Waals surface area contributed by atoms with Crippen molar-refractivity contribution in [2.24, 2.45) is 0 Å². The van der Waals surface area contributed by atoms with E-state index in [1.165, 1.54) is 11.3 Å². The molecule has 0 saturated heterocycles. The second kappa shape index (κ2) is 4.37. The van der Waals surface area contributed by atoms with E-state index in [1.54, 1.807) is 6.08 Å². The van der Waals surface area contributed by atoms with Crippen molar-refractivity contribution in [1.29, 1.82) is 0 Å². The number of hydrogen-bond acceptors (Lipinski definition) is 3. The van der Waals surface area contributed by atoms with Crippen molar-refractivity contribution < 1.29 is 4.92 Å². The molecule has 0 N–H and O–H groups in total. The second-order valence-electron chi connectivity index (χ2n) is 2.04. The van der Waals surface area contributed by atoms with E-state index in [-0.39, 0.29) is 16.0 Å². The molecular formula is C7H6BrNO2S. The Hall–Kier alpha value is -0.680. The summed E-state index contributed by atoms with van der Waals surface area (Å²) < 4.78 is 0. The quantitative estimate of drug-likeness (QED) is 0.469. The molecule has 3 nitrogen and oxygen atoms in total. The highest BCUT2D eigenvalue weighted by atomic mass is 79.9. The summed E-state index contributed by atoms with van der Waals surface area (Å²) in [7, 11) is 0. The third kappa shape index (κ3) is 2.42. The Morgan fingerprint density at radius 1 is 1.83 bits per heavy atom. The van der Waals surface area contributed by atoms with Gasteiger partial charge in [0.15, 0.2) is 0 Å². The second-order valence-corrected chi connectivity index (χ2v) is 3.58. The van der Waals surface area contributed by atoms with Gasteiger partial charge in [-0.3, -0.25) is 10.1 Å². The van der Waals surface area contributed by atoms with Crippen molar-refractivity contribution in [2.75, 3.05) is 5.33 Å². The molecule has 1 aromatic rings. The van der Waals surface area contributed by atoms with E-state index in [9.17, 15) is 10.1 Å². The molecule has 5 heteroatoms. The number of alkyl halides is 1. The zero-order chi connectivity index (χ0) is 8.97. The fourth-order valence-corrected chi connectivity index (χ4v) is 1.72. The van der Waals surface area contributed by atoms with E-state index in [1.807, 2.05) is 17.5 Å². The van der Waals surface area contributed by atoms with Crippen LogP contribution in [-0.4, -0.2) is 10.3 Å². The zero-order valence-corrected chi connectivity index (χ0v) is 8.47. The van der Waals surface area contributed by atoms with Gasteiger partial charge in [-0.25, -0.2) is 0 Å². The maximum atomic E-state index is 10.4. The molecule has 64 valence electrons. The molecule has 0 aromatic carbocycles. The normalized spacial score (nSPS) is 11.6. The van der Waals surface area contributed by atoms with Gasteiger partial charge >= 0.3 is 0 Å². The maximum Gasteiger partial charge on any atom is 0.258 e. The molecule has 0 aliphatic rings. The molecule has 0 amide bonds. The Balaban J connectivity index is 2.85. The van der Waals surface area contributed by atoms with Crippen molar-refractivity contribution >= 4 is 33.3 Å². The molecular weight excluding hydrogens is 242 g/mol. The number of thiophene rings is 1. The van der Waals surface area contributed by atoms with Gasteiger partial charge in [-0.15, -0.1) is 11.3 Å². The Morgan fingerprint density at radius 3 is 3.00 bits per heavy atom. The Labute approximate surface area is 82.0 Å². The molecule has 0 fully saturated rings. The minimum absolute atomic E-state index is 0.178. The predicted molar refractivity (Wildman–Crippen MR) is 53.1 cm³/mol. The van der Waals surface area contributed by atoms with Crippen LogP contribution in [0.25, 0.3) is 6.08 Å². The average Bonchev–Trinajstić information content (AvgIpc) is 2.51. The number of allylic oxidation sites excluding steroid dienone is 1. The Morgan fingerprint density at radius 2 is 2.58 bits per heavy atom. The molecule has 0 aliphatic heterocycles. The maximum absolute atomic E-state index is 10.4. The van der Waals surface area contributed by atoms with Crippen LogP contribution < -0.4 is 0 Å². The SMILES string of the molecule is O=[N+]([O-])/C(=C/c1cccs1)CBr. The number of halogens is 1. The fourth-order valence-electron chi connectivity index (χ4n) is 0.678. The highest BCUT2D eigenvalue weighted by molar-refractivity contribution is 9.09. The molecule has 1 heterocycles. The summed E-state index contributed by atoms with van der Waals surface area (Å²) in [6.45, 7) is 0. The molecule has 0 radical (unpaired) electrons. The van der Waals surface area contributed by atoms with E-state index in [2.05, 4.69) is 15.9 Å². The molecule has 1 aromatic heterocycles. The van der Waals surface area contributed by atoms with Crippen LogP contribution in [0.1, 0.15) is 4.88 Å². The van der Waals surface area contributed by atoms with E-state index < -0.39 is 0 Å². The van der Waals surface area contributed by atoms with Crippen molar-refractivity contribution in [3.05, 3.63) is 38.2 Å². The zero-order valence-electron chi connectivity index (χ0n) is 6.07. The lowest BCUT2D eigenvalue weighted by Gasteiger charge is -1.90. The van der Waals surface area contributed by atoms with Crippen LogP contribution in [0.4, 0.5) is 0 Å². The highest BCUT2D eigenvalue weighted by Gasteiger charge is 2.07. The van der Waals surface area contributed by atoms with Crippen LogP contribution in [0.2, 0.25) is 0 Å². The standard InChI is InChI=1S/C7H6BrNO2S/c8-5-6(9(10)11)4-7-2-1-3-12-7/h1-4H,5H2/b6-4+. The first-order valence-corrected chi connectivity index (χ1v) is 5.18. The summed E-state index contributed by atoms with van der Waals surface area (Å²) >= 11 is 4.54. The van der Waals surface area contributed by atoms with Gasteiger partial charge in [0.25, 0.3) is 5.70 Å². The first-order valence-electron chi connectivity index (χ1n) is 3.18. The van der Waals surface area contributed by atoms with Gasteiger partial charge in [0.1, 0.15) is 0 Å². The van der Waals surface area contributed by atoms with Gasteiger partial charge in [0.2, 0.25) is 0 Å². The Bertz CT molecular complexity index is 294. The largest absolute Gasteiger partial charge is 0.259 e. The van der Waals surface area contributed by atoms with Crippen LogP contribution in [0.5, 0.6) is 0 Å². The summed E-state index contributed by atoms with van der Waals surface area (Å²) in [5.41, 5.74) is 0.178. The first kappa shape index (κ1) is 9.41. The lowest BCUT2D eigenvalue weighted by molar-refractivity contribution is -0.421. The van der Waals surface area contributed by atoms with Crippen LogP contribution in [0.15, 0.2) is 23.2 Å². The number of hydrogen-bond donors (Lipinski definition) is 0. The van der Waals surface area contributed by atoms with Crippen molar-refractivity contribution in [1.82, 2.24) is 0 Å². The number of nitrogens with zero attached hydrogens (tertiary/aromatic N) is 1. The number of nitro groups is 1. The lowest BCUT2D eigenvalue weighted by atomic mass is 10.4. The van der Waals surface area contributed by atoms with Crippen LogP contribution in [-0.2, 0) is 0 Å². The monoisotopic (exact) mass is 247 g/mol. The minimum Gasteiger partial charge on any atom is -0.259 e. The molecule has 1 rings (SSSR count). The summed E-state index contributed by atoms with van der Waals surface area (Å²) in [5, 5.41) is 12.5. The molecule has 0 bridgehead atoms. The highest BCUT2D eigenvalue weighted by Crippen LogP contribution is 2.14. The molecule has 12 heavy (non-hydrogen) atoms. The molecule has 0 spiro atoms. The van der Waals surface area contributed by atoms with Gasteiger partial charge in [0.05, 0.1) is 10.3 Å². The Kier molecular flexibility index (Phi) is 3.43. The van der Waals surface area contributed by atoms with Crippen molar-refractivity contribution in [3.63, 3.8) is 0 Å². The predicted octanol–water partition coefficient (Wildman–Crippen LogP) is 2.76. The topological polar surface area (TPSA) is 43.1 Å². The van der Waals surface area contributed by atoms with Crippen LogP contribution in [0, 0.1) is 10.1 Å². The van der Waals surface area contributed by atoms with Gasteiger partial charge in [0, 0.05) is 11.0 Å². The fraction of sp³-hybridized carbons (Fsp3) is 0.143. The smallest absolute Gasteiger partial charge is 0.258 e. The van der Waals surface area contributed by atoms with E-state index in [0.29, 0.717) is 0 Å². The number of rotatable bonds is 3. The summed E-state index contributed by atoms with van der Waals surface area (Å²) in [5.74, 6) is 0. The van der Waals surface area contributed by atoms with E-state index in [0.717, 1.165) is 4.88 Å². The van der Waals surface area contributed by atoms with Gasteiger partial charge in [-0.05, 0) is 11.4 Å². The van der Waals surface area contributed by atoms with E-state index >= 15 is 0 Å². The molecule has 0 unspecified atom stereocenters. The van der Waals surface area contributed by atoms with Crippen LogP contribution >= 0.6 is 27.3 Å². The third-order valence-electron chi connectivity index (χ3n) is 1.22. The molecule has 0 saturated carbocycles. The minimum atomic E-state index is -0.380. The first-order chi connectivity index (χ1) is 5.74. The van der Waals surface area contributed by atoms with Crippen molar-refractivity contribution in [2.45, 2.75) is 0 Å². The van der Waals surface area contributed by atoms with Gasteiger partial charge in [-0.1, -0.05) is 22.0 Å². The average molecular weight is 248 g/mol. The van der Waals surface area contributed by atoms with Gasteiger partial charge in [-0.2, -0.15) is 0 Å². The third-order valence-corrected chi connectivity index (χ3v) is 2.62. The van der Waals surface area contributed by atoms with Crippen LogP contribution in [0.3, 0.4) is 0 Å². The van der Waals surface area contributed by atoms with Crippen molar-refractivity contribution in [3.8, 4) is 0 Å². The lowest BCUT2D eigenvalue weighted by Crippen LogP contribution is -1.98. The van der Waals surface area contributed by atoms with Gasteiger partial charge < -0.3 is 0 Å². The summed E-state index contributed by atoms with van der Waals surface area (Å²) in [4.78, 5) is 10.9. The summed E-state index contributed by atoms with van der Waals surface area (Å²) in [6, 6.07) is 3.71.